The van der Waals surface area contributed by atoms with Crippen LogP contribution < -0.4 is 10.1 Å². The standard InChI is InChI=1S/C16H19N3O3/c1-11-9-14(22-19-11)15(20)18-10-12-5-4-8-17-16(12)21-13-6-2-3-7-13/h4-5,8-9,13H,2-3,6-7,10H2,1H3,(H,18,20). The number of aromatic nitrogens is 2. The van der Waals surface area contributed by atoms with Crippen LogP contribution in [0.5, 0.6) is 5.88 Å². The molecule has 0 spiro atoms. The highest BCUT2D eigenvalue weighted by atomic mass is 16.5. The first kappa shape index (κ1) is 14.6. The zero-order valence-corrected chi connectivity index (χ0v) is 12.5. The minimum absolute atomic E-state index is 0.208. The van der Waals surface area contributed by atoms with Crippen molar-refractivity contribution in [3.05, 3.63) is 41.4 Å². The third kappa shape index (κ3) is 3.44. The number of hydrogen-bond acceptors (Lipinski definition) is 5. The average Bonchev–Trinajstić information content (AvgIpc) is 3.18. The molecule has 0 bridgehead atoms. The largest absolute Gasteiger partial charge is 0.474 e. The highest BCUT2D eigenvalue weighted by molar-refractivity contribution is 5.91. The molecule has 2 aromatic heterocycles. The summed E-state index contributed by atoms with van der Waals surface area (Å²) in [5.41, 5.74) is 1.54. The molecule has 1 saturated carbocycles. The summed E-state index contributed by atoms with van der Waals surface area (Å²) in [4.78, 5) is 16.3. The molecule has 116 valence electrons. The zero-order valence-electron chi connectivity index (χ0n) is 12.5. The summed E-state index contributed by atoms with van der Waals surface area (Å²) < 4.78 is 10.9. The number of carbonyl (C=O) groups excluding carboxylic acids is 1. The van der Waals surface area contributed by atoms with E-state index in [0.29, 0.717) is 18.1 Å². The molecule has 2 heterocycles. The monoisotopic (exact) mass is 301 g/mol. The number of carbonyl (C=O) groups is 1. The van der Waals surface area contributed by atoms with Crippen LogP contribution in [0.4, 0.5) is 0 Å². The van der Waals surface area contributed by atoms with Gasteiger partial charge in [0.15, 0.2) is 0 Å². The lowest BCUT2D eigenvalue weighted by molar-refractivity contribution is 0.0913. The zero-order chi connectivity index (χ0) is 15.4. The van der Waals surface area contributed by atoms with E-state index in [9.17, 15) is 4.79 Å². The average molecular weight is 301 g/mol. The maximum Gasteiger partial charge on any atom is 0.290 e. The quantitative estimate of drug-likeness (QED) is 0.918. The number of ether oxygens (including phenoxy) is 1. The molecule has 0 atom stereocenters. The molecule has 6 nitrogen and oxygen atoms in total. The van der Waals surface area contributed by atoms with Gasteiger partial charge in [0, 0.05) is 24.4 Å². The Labute approximate surface area is 128 Å². The number of hydrogen-bond donors (Lipinski definition) is 1. The normalized spacial score (nSPS) is 15.0. The van der Waals surface area contributed by atoms with Crippen LogP contribution in [0.2, 0.25) is 0 Å². The van der Waals surface area contributed by atoms with E-state index in [4.69, 9.17) is 9.26 Å². The Morgan fingerprint density at radius 2 is 2.27 bits per heavy atom. The second-order valence-electron chi connectivity index (χ2n) is 5.51. The van der Waals surface area contributed by atoms with Gasteiger partial charge in [0.1, 0.15) is 6.10 Å². The number of pyridine rings is 1. The van der Waals surface area contributed by atoms with Crippen LogP contribution in [0, 0.1) is 6.92 Å². The van der Waals surface area contributed by atoms with E-state index in [1.54, 1.807) is 19.2 Å². The summed E-state index contributed by atoms with van der Waals surface area (Å²) in [6.45, 7) is 2.11. The van der Waals surface area contributed by atoms with Gasteiger partial charge in [-0.05, 0) is 38.7 Å². The van der Waals surface area contributed by atoms with Gasteiger partial charge in [-0.25, -0.2) is 4.98 Å². The Balaban J connectivity index is 1.63. The maximum absolute atomic E-state index is 12.0. The van der Waals surface area contributed by atoms with Gasteiger partial charge in [-0.15, -0.1) is 0 Å². The first-order chi connectivity index (χ1) is 10.7. The molecule has 1 amide bonds. The van der Waals surface area contributed by atoms with Crippen LogP contribution in [0.15, 0.2) is 28.9 Å². The molecule has 2 aromatic rings. The Kier molecular flexibility index (Phi) is 4.37. The van der Waals surface area contributed by atoms with E-state index in [1.807, 2.05) is 12.1 Å². The molecule has 0 aliphatic heterocycles. The second-order valence-corrected chi connectivity index (χ2v) is 5.51. The lowest BCUT2D eigenvalue weighted by atomic mass is 10.2. The fourth-order valence-electron chi connectivity index (χ4n) is 2.56. The van der Waals surface area contributed by atoms with Gasteiger partial charge in [0.25, 0.3) is 5.91 Å². The summed E-state index contributed by atoms with van der Waals surface area (Å²) in [6, 6.07) is 5.35. The van der Waals surface area contributed by atoms with E-state index in [0.717, 1.165) is 18.4 Å². The predicted molar refractivity (Wildman–Crippen MR) is 79.5 cm³/mol. The van der Waals surface area contributed by atoms with Crippen molar-refractivity contribution < 1.29 is 14.1 Å². The lowest BCUT2D eigenvalue weighted by Crippen LogP contribution is -2.23. The molecule has 0 saturated heterocycles. The molecule has 0 radical (unpaired) electrons. The van der Waals surface area contributed by atoms with Crippen molar-refractivity contribution in [2.45, 2.75) is 45.3 Å². The van der Waals surface area contributed by atoms with Crippen LogP contribution in [0.3, 0.4) is 0 Å². The van der Waals surface area contributed by atoms with Crippen LogP contribution in [-0.2, 0) is 6.54 Å². The number of rotatable bonds is 5. The number of aryl methyl sites for hydroxylation is 1. The van der Waals surface area contributed by atoms with Crippen molar-refractivity contribution in [2.75, 3.05) is 0 Å². The summed E-state index contributed by atoms with van der Waals surface area (Å²) in [6.07, 6.45) is 6.48. The van der Waals surface area contributed by atoms with Crippen molar-refractivity contribution in [2.24, 2.45) is 0 Å². The summed E-state index contributed by atoms with van der Waals surface area (Å²) in [7, 11) is 0. The molecular formula is C16H19N3O3. The minimum atomic E-state index is -0.295. The molecule has 0 aromatic carbocycles. The Morgan fingerprint density at radius 1 is 1.45 bits per heavy atom. The fourth-order valence-corrected chi connectivity index (χ4v) is 2.56. The molecule has 1 aliphatic carbocycles. The molecule has 1 fully saturated rings. The lowest BCUT2D eigenvalue weighted by Gasteiger charge is -2.15. The Bertz CT molecular complexity index is 648. The summed E-state index contributed by atoms with van der Waals surface area (Å²) >= 11 is 0. The number of nitrogens with one attached hydrogen (secondary N) is 1. The third-order valence-corrected chi connectivity index (χ3v) is 3.72. The van der Waals surface area contributed by atoms with Gasteiger partial charge in [-0.1, -0.05) is 11.2 Å². The maximum atomic E-state index is 12.0. The van der Waals surface area contributed by atoms with Crippen molar-refractivity contribution >= 4 is 5.91 Å². The van der Waals surface area contributed by atoms with Crippen LogP contribution in [0.1, 0.15) is 47.5 Å². The van der Waals surface area contributed by atoms with Gasteiger partial charge in [-0.3, -0.25) is 4.79 Å². The first-order valence-corrected chi connectivity index (χ1v) is 7.54. The van der Waals surface area contributed by atoms with E-state index in [1.165, 1.54) is 12.8 Å². The third-order valence-electron chi connectivity index (χ3n) is 3.72. The smallest absolute Gasteiger partial charge is 0.290 e. The van der Waals surface area contributed by atoms with E-state index in [2.05, 4.69) is 15.5 Å². The van der Waals surface area contributed by atoms with Crippen molar-refractivity contribution in [3.8, 4) is 5.88 Å². The number of nitrogens with zero attached hydrogens (tertiary/aromatic N) is 2. The Morgan fingerprint density at radius 3 is 3.00 bits per heavy atom. The molecule has 3 rings (SSSR count). The van der Waals surface area contributed by atoms with Crippen molar-refractivity contribution in [3.63, 3.8) is 0 Å². The predicted octanol–water partition coefficient (Wildman–Crippen LogP) is 2.63. The summed E-state index contributed by atoms with van der Waals surface area (Å²) in [5, 5.41) is 6.51. The van der Waals surface area contributed by atoms with Crippen LogP contribution >= 0.6 is 0 Å². The topological polar surface area (TPSA) is 77.2 Å². The van der Waals surface area contributed by atoms with E-state index in [-0.39, 0.29) is 17.8 Å². The highest BCUT2D eigenvalue weighted by Crippen LogP contribution is 2.24. The van der Waals surface area contributed by atoms with Gasteiger partial charge in [-0.2, -0.15) is 0 Å². The SMILES string of the molecule is Cc1cc(C(=O)NCc2cccnc2OC2CCCC2)on1. The molecular weight excluding hydrogens is 282 g/mol. The van der Waals surface area contributed by atoms with Crippen LogP contribution in [0.25, 0.3) is 0 Å². The van der Waals surface area contributed by atoms with Gasteiger partial charge in [0.05, 0.1) is 5.69 Å². The van der Waals surface area contributed by atoms with Gasteiger partial charge >= 0.3 is 0 Å². The Hall–Kier alpha value is -2.37. The van der Waals surface area contributed by atoms with E-state index >= 15 is 0 Å². The molecule has 1 aliphatic rings. The number of amides is 1. The van der Waals surface area contributed by atoms with Crippen molar-refractivity contribution in [1.82, 2.24) is 15.5 Å². The fraction of sp³-hybridized carbons (Fsp3) is 0.438. The minimum Gasteiger partial charge on any atom is -0.474 e. The second kappa shape index (κ2) is 6.60. The highest BCUT2D eigenvalue weighted by Gasteiger charge is 2.19. The summed E-state index contributed by atoms with van der Waals surface area (Å²) in [5.74, 6) is 0.513. The molecule has 22 heavy (non-hydrogen) atoms. The molecule has 1 N–H and O–H groups in total. The van der Waals surface area contributed by atoms with Gasteiger partial charge in [0.2, 0.25) is 11.6 Å². The molecule has 0 unspecified atom stereocenters. The van der Waals surface area contributed by atoms with Gasteiger partial charge < -0.3 is 14.6 Å². The first-order valence-electron chi connectivity index (χ1n) is 7.54. The van der Waals surface area contributed by atoms with Crippen LogP contribution in [-0.4, -0.2) is 22.2 Å². The van der Waals surface area contributed by atoms with Crippen molar-refractivity contribution in [1.29, 1.82) is 0 Å². The molecule has 6 heteroatoms. The van der Waals surface area contributed by atoms with E-state index < -0.39 is 0 Å².